The van der Waals surface area contributed by atoms with Crippen molar-refractivity contribution in [3.05, 3.63) is 93.7 Å². The van der Waals surface area contributed by atoms with E-state index in [4.69, 9.17) is 4.42 Å². The number of benzene rings is 3. The van der Waals surface area contributed by atoms with E-state index < -0.39 is 0 Å². The van der Waals surface area contributed by atoms with Crippen LogP contribution in [-0.2, 0) is 0 Å². The third-order valence-electron chi connectivity index (χ3n) is 4.78. The Labute approximate surface area is 165 Å². The maximum absolute atomic E-state index is 12.6. The van der Waals surface area contributed by atoms with Crippen molar-refractivity contribution in [1.29, 1.82) is 0 Å². The predicted molar refractivity (Wildman–Crippen MR) is 119 cm³/mol. The number of hydrogen-bond donors (Lipinski definition) is 2. The lowest BCUT2D eigenvalue weighted by molar-refractivity contribution is 0.558. The highest BCUT2D eigenvalue weighted by atomic mass is 32.1. The van der Waals surface area contributed by atoms with Crippen LogP contribution in [0.15, 0.2) is 81.3 Å². The zero-order chi connectivity index (χ0) is 19.1. The van der Waals surface area contributed by atoms with Crippen LogP contribution in [0.2, 0.25) is 0 Å². The van der Waals surface area contributed by atoms with E-state index in [1.165, 1.54) is 16.9 Å². The third-order valence-corrected chi connectivity index (χ3v) is 5.58. The molecular weight excluding hydrogens is 368 g/mol. The lowest BCUT2D eigenvalue weighted by Gasteiger charge is -2.11. The maximum atomic E-state index is 12.6. The van der Waals surface area contributed by atoms with Crippen molar-refractivity contribution in [1.82, 2.24) is 5.32 Å². The Morgan fingerprint density at radius 2 is 1.79 bits per heavy atom. The first-order valence-electron chi connectivity index (χ1n) is 8.98. The van der Waals surface area contributed by atoms with E-state index in [1.54, 1.807) is 0 Å². The molecule has 137 valence electrons. The quantitative estimate of drug-likeness (QED) is 0.287. The monoisotopic (exact) mass is 385 g/mol. The summed E-state index contributed by atoms with van der Waals surface area (Å²) in [5.74, 6) is 0. The van der Waals surface area contributed by atoms with Crippen LogP contribution in [0, 0.1) is 6.92 Å². The van der Waals surface area contributed by atoms with E-state index in [0.717, 1.165) is 32.7 Å². The predicted octanol–water partition coefficient (Wildman–Crippen LogP) is 5.09. The molecule has 5 heteroatoms. The molecule has 2 N–H and O–H groups in total. The second-order valence-corrected chi connectivity index (χ2v) is 7.62. The number of anilines is 1. The van der Waals surface area contributed by atoms with Crippen LogP contribution in [0.3, 0.4) is 0 Å². The standard InChI is InChI=1S/C23H17N2O2S/c1-14-6-9-16(10-7-14)24-23-25-20(13-28-23)19-12-18-17-5-3-2-4-15(17)8-11-21(18)27-22(19)26/h2-13,24-25H,1H3. The van der Waals surface area contributed by atoms with Gasteiger partial charge in [-0.1, -0.05) is 48.0 Å². The van der Waals surface area contributed by atoms with Crippen LogP contribution in [0.5, 0.6) is 0 Å². The Morgan fingerprint density at radius 1 is 0.964 bits per heavy atom. The molecule has 5 rings (SSSR count). The van der Waals surface area contributed by atoms with Crippen LogP contribution in [-0.4, -0.2) is 5.11 Å². The summed E-state index contributed by atoms with van der Waals surface area (Å²) in [6.45, 7) is 2.06. The smallest absolute Gasteiger partial charge is 0.345 e. The van der Waals surface area contributed by atoms with Crippen molar-refractivity contribution in [2.75, 3.05) is 5.32 Å². The van der Waals surface area contributed by atoms with Gasteiger partial charge in [0, 0.05) is 16.5 Å². The van der Waals surface area contributed by atoms with Crippen molar-refractivity contribution in [3.8, 4) is 0 Å². The fourth-order valence-electron chi connectivity index (χ4n) is 3.32. The summed E-state index contributed by atoms with van der Waals surface area (Å²) in [4.78, 5) is 12.6. The van der Waals surface area contributed by atoms with Crippen molar-refractivity contribution >= 4 is 49.6 Å². The highest BCUT2D eigenvalue weighted by Gasteiger charge is 2.16. The van der Waals surface area contributed by atoms with Gasteiger partial charge < -0.3 is 15.1 Å². The SMILES string of the molecule is Cc1ccc(NC2=[S]C=C(c3cc4c(ccc5ccccc54)oc3=O)N2)cc1. The summed E-state index contributed by atoms with van der Waals surface area (Å²) < 4.78 is 5.60. The molecule has 28 heavy (non-hydrogen) atoms. The highest BCUT2D eigenvalue weighted by Crippen LogP contribution is 2.27. The Morgan fingerprint density at radius 3 is 2.64 bits per heavy atom. The summed E-state index contributed by atoms with van der Waals surface area (Å²) >= 11 is 1.51. The van der Waals surface area contributed by atoms with Gasteiger partial charge in [-0.3, -0.25) is 0 Å². The van der Waals surface area contributed by atoms with E-state index in [9.17, 15) is 4.79 Å². The second-order valence-electron chi connectivity index (χ2n) is 6.74. The van der Waals surface area contributed by atoms with Crippen LogP contribution in [0.1, 0.15) is 11.1 Å². The first-order chi connectivity index (χ1) is 13.7. The van der Waals surface area contributed by atoms with Crippen LogP contribution in [0.4, 0.5) is 5.69 Å². The van der Waals surface area contributed by atoms with E-state index in [2.05, 4.69) is 35.8 Å². The molecule has 0 amide bonds. The van der Waals surface area contributed by atoms with E-state index in [-0.39, 0.29) is 5.63 Å². The van der Waals surface area contributed by atoms with Gasteiger partial charge in [0.25, 0.3) is 0 Å². The third kappa shape index (κ3) is 2.96. The number of hydrogen-bond acceptors (Lipinski definition) is 4. The molecule has 1 radical (unpaired) electrons. The minimum absolute atomic E-state index is 0.348. The number of nitrogens with one attached hydrogen (secondary N) is 2. The minimum Gasteiger partial charge on any atom is -0.422 e. The highest BCUT2D eigenvalue weighted by molar-refractivity contribution is 8.02. The first kappa shape index (κ1) is 16.7. The van der Waals surface area contributed by atoms with Crippen LogP contribution >= 0.6 is 11.4 Å². The van der Waals surface area contributed by atoms with E-state index in [0.29, 0.717) is 11.1 Å². The molecule has 2 heterocycles. The normalized spacial score (nSPS) is 13.3. The van der Waals surface area contributed by atoms with Gasteiger partial charge in [0.15, 0.2) is 5.11 Å². The molecule has 0 atom stereocenters. The summed E-state index contributed by atoms with van der Waals surface area (Å²) in [6.07, 6.45) is 0. The molecule has 3 aromatic carbocycles. The van der Waals surface area contributed by atoms with Crippen molar-refractivity contribution in [2.24, 2.45) is 0 Å². The number of rotatable bonds is 2. The lowest BCUT2D eigenvalue weighted by atomic mass is 10.0. The Hall–Kier alpha value is -3.44. The average molecular weight is 385 g/mol. The molecule has 4 nitrogen and oxygen atoms in total. The molecular formula is C23H17N2O2S. The van der Waals surface area contributed by atoms with Crippen LogP contribution in [0.25, 0.3) is 27.4 Å². The summed E-state index contributed by atoms with van der Waals surface area (Å²) in [6, 6.07) is 22.0. The lowest BCUT2D eigenvalue weighted by Crippen LogP contribution is -2.26. The number of aryl methyl sites for hydroxylation is 1. The zero-order valence-corrected chi connectivity index (χ0v) is 16.0. The fourth-order valence-corrected chi connectivity index (χ4v) is 4.09. The maximum Gasteiger partial charge on any atom is 0.345 e. The van der Waals surface area contributed by atoms with Gasteiger partial charge in [-0.05, 0) is 42.0 Å². The molecule has 0 saturated heterocycles. The Balaban J connectivity index is 1.48. The number of fused-ring (bicyclic) bond motifs is 3. The van der Waals surface area contributed by atoms with Crippen LogP contribution < -0.4 is 16.3 Å². The van der Waals surface area contributed by atoms with Crippen molar-refractivity contribution in [2.45, 2.75) is 6.92 Å². The van der Waals surface area contributed by atoms with Gasteiger partial charge in [-0.15, -0.1) is 11.4 Å². The molecule has 4 aromatic rings. The molecule has 1 aliphatic rings. The summed E-state index contributed by atoms with van der Waals surface area (Å²) in [7, 11) is 0. The molecule has 0 aliphatic carbocycles. The zero-order valence-electron chi connectivity index (χ0n) is 15.2. The molecule has 1 aromatic heterocycles. The average Bonchev–Trinajstić information content (AvgIpc) is 3.17. The Kier molecular flexibility index (Phi) is 3.95. The molecule has 1 aliphatic heterocycles. The second kappa shape index (κ2) is 6.62. The van der Waals surface area contributed by atoms with Gasteiger partial charge in [0.05, 0.1) is 11.3 Å². The van der Waals surface area contributed by atoms with Crippen molar-refractivity contribution in [3.63, 3.8) is 0 Å². The van der Waals surface area contributed by atoms with Gasteiger partial charge in [-0.25, -0.2) is 4.79 Å². The van der Waals surface area contributed by atoms with E-state index in [1.807, 2.05) is 53.9 Å². The first-order valence-corrected chi connectivity index (χ1v) is 9.86. The topological polar surface area (TPSA) is 54.3 Å². The van der Waals surface area contributed by atoms with Crippen molar-refractivity contribution < 1.29 is 4.42 Å². The van der Waals surface area contributed by atoms with Gasteiger partial charge in [0.1, 0.15) is 5.58 Å². The fraction of sp³-hybridized carbons (Fsp3) is 0.0435. The molecule has 0 bridgehead atoms. The molecule has 0 fully saturated rings. The van der Waals surface area contributed by atoms with Gasteiger partial charge in [-0.2, -0.15) is 0 Å². The summed E-state index contributed by atoms with van der Waals surface area (Å²) in [5, 5.41) is 12.5. The van der Waals surface area contributed by atoms with Gasteiger partial charge >= 0.3 is 5.63 Å². The minimum atomic E-state index is -0.348. The van der Waals surface area contributed by atoms with Gasteiger partial charge in [0.2, 0.25) is 0 Å². The summed E-state index contributed by atoms with van der Waals surface area (Å²) in [5.41, 5.74) is 3.72. The Bertz CT molecular complexity index is 1330. The molecule has 0 spiro atoms. The van der Waals surface area contributed by atoms with E-state index >= 15 is 0 Å². The molecule has 0 saturated carbocycles. The molecule has 0 unspecified atom stereocenters. The largest absolute Gasteiger partial charge is 0.422 e.